The summed E-state index contributed by atoms with van der Waals surface area (Å²) in [6, 6.07) is 12.1. The second kappa shape index (κ2) is 8.74. The van der Waals surface area contributed by atoms with E-state index in [0.29, 0.717) is 12.2 Å². The molecule has 1 amide bonds. The number of aryl methyl sites for hydroxylation is 1. The highest BCUT2D eigenvalue weighted by molar-refractivity contribution is 5.94. The summed E-state index contributed by atoms with van der Waals surface area (Å²) >= 11 is 0. The van der Waals surface area contributed by atoms with E-state index in [1.807, 2.05) is 60.1 Å². The van der Waals surface area contributed by atoms with Gasteiger partial charge in [-0.3, -0.25) is 9.78 Å². The zero-order valence-electron chi connectivity index (χ0n) is 17.3. The zero-order valence-corrected chi connectivity index (χ0v) is 17.3. The number of aromatic nitrogens is 3. The maximum Gasteiger partial charge on any atom is 0.274 e. The summed E-state index contributed by atoms with van der Waals surface area (Å²) in [5.41, 5.74) is 3.30. The Bertz CT molecular complexity index is 960. The van der Waals surface area contributed by atoms with E-state index in [0.717, 1.165) is 55.9 Å². The zero-order chi connectivity index (χ0) is 20.2. The van der Waals surface area contributed by atoms with Crippen molar-refractivity contribution in [2.24, 2.45) is 0 Å². The molecule has 0 aliphatic carbocycles. The Morgan fingerprint density at radius 2 is 1.97 bits per heavy atom. The van der Waals surface area contributed by atoms with E-state index in [2.05, 4.69) is 26.7 Å². The van der Waals surface area contributed by atoms with Crippen LogP contribution in [0, 0.1) is 6.92 Å². The van der Waals surface area contributed by atoms with E-state index in [4.69, 9.17) is 0 Å². The molecule has 152 valence electrons. The average molecular weight is 392 g/mol. The number of hydrogen-bond donors (Lipinski definition) is 0. The molecule has 0 atom stereocenters. The predicted molar refractivity (Wildman–Crippen MR) is 114 cm³/mol. The van der Waals surface area contributed by atoms with Gasteiger partial charge in [-0.2, -0.15) is 0 Å². The second-order valence-electron chi connectivity index (χ2n) is 7.71. The molecule has 0 saturated carbocycles. The summed E-state index contributed by atoms with van der Waals surface area (Å²) in [5.74, 6) is 0.0390. The monoisotopic (exact) mass is 391 g/mol. The van der Waals surface area contributed by atoms with Crippen molar-refractivity contribution in [3.63, 3.8) is 0 Å². The van der Waals surface area contributed by atoms with Crippen molar-refractivity contribution in [1.29, 1.82) is 0 Å². The van der Waals surface area contributed by atoms with E-state index in [-0.39, 0.29) is 11.9 Å². The van der Waals surface area contributed by atoms with Gasteiger partial charge in [0.15, 0.2) is 0 Å². The molecule has 6 heteroatoms. The molecule has 1 fully saturated rings. The largest absolute Gasteiger partial charge is 0.334 e. The fourth-order valence-electron chi connectivity index (χ4n) is 4.24. The quantitative estimate of drug-likeness (QED) is 0.648. The van der Waals surface area contributed by atoms with E-state index >= 15 is 0 Å². The molecule has 6 nitrogen and oxygen atoms in total. The van der Waals surface area contributed by atoms with Crippen LogP contribution in [-0.2, 0) is 6.42 Å². The normalized spacial score (nSPS) is 15.7. The van der Waals surface area contributed by atoms with Gasteiger partial charge in [0.2, 0.25) is 0 Å². The van der Waals surface area contributed by atoms with Crippen LogP contribution in [0.3, 0.4) is 0 Å². The molecule has 0 N–H and O–H groups in total. The third kappa shape index (κ3) is 4.17. The van der Waals surface area contributed by atoms with Gasteiger partial charge in [-0.15, -0.1) is 0 Å². The van der Waals surface area contributed by atoms with Crippen LogP contribution in [0.2, 0.25) is 0 Å². The van der Waals surface area contributed by atoms with Gasteiger partial charge in [-0.1, -0.05) is 19.1 Å². The SMILES string of the molecule is CCN1CCC(N(CCc2ccccn2)C(=O)c2nc3ccccn3c2C)CC1. The van der Waals surface area contributed by atoms with Gasteiger partial charge in [0.25, 0.3) is 5.91 Å². The third-order valence-electron chi connectivity index (χ3n) is 6.01. The van der Waals surface area contributed by atoms with Crippen LogP contribution in [-0.4, -0.2) is 62.3 Å². The minimum absolute atomic E-state index is 0.0390. The van der Waals surface area contributed by atoms with Crippen LogP contribution >= 0.6 is 0 Å². The van der Waals surface area contributed by atoms with Crippen LogP contribution in [0.5, 0.6) is 0 Å². The lowest BCUT2D eigenvalue weighted by atomic mass is 10.0. The lowest BCUT2D eigenvalue weighted by Crippen LogP contribution is -2.48. The average Bonchev–Trinajstić information content (AvgIpc) is 3.11. The van der Waals surface area contributed by atoms with Crippen molar-refractivity contribution in [2.45, 2.75) is 39.2 Å². The van der Waals surface area contributed by atoms with Gasteiger partial charge in [0, 0.05) is 50.2 Å². The highest BCUT2D eigenvalue weighted by Gasteiger charge is 2.30. The standard InChI is InChI=1S/C23H29N5O/c1-3-26-15-11-20(12-16-26)28(17-10-19-8-4-6-13-24-19)23(29)22-18(2)27-14-7-5-9-21(27)25-22/h4-9,13-14,20H,3,10-12,15-17H2,1-2H3. The number of rotatable bonds is 6. The molecule has 0 unspecified atom stereocenters. The minimum atomic E-state index is 0.0390. The molecule has 1 aliphatic heterocycles. The molecular formula is C23H29N5O. The molecule has 3 aromatic rings. The number of carbonyl (C=O) groups excluding carboxylic acids is 1. The smallest absolute Gasteiger partial charge is 0.274 e. The molecule has 1 saturated heterocycles. The van der Waals surface area contributed by atoms with Crippen molar-refractivity contribution in [3.05, 3.63) is 65.9 Å². The van der Waals surface area contributed by atoms with Gasteiger partial charge >= 0.3 is 0 Å². The molecule has 4 heterocycles. The van der Waals surface area contributed by atoms with E-state index < -0.39 is 0 Å². The molecular weight excluding hydrogens is 362 g/mol. The Morgan fingerprint density at radius 1 is 1.17 bits per heavy atom. The summed E-state index contributed by atoms with van der Waals surface area (Å²) < 4.78 is 1.99. The van der Waals surface area contributed by atoms with Crippen molar-refractivity contribution in [1.82, 2.24) is 24.2 Å². The maximum atomic E-state index is 13.6. The highest BCUT2D eigenvalue weighted by atomic mass is 16.2. The molecule has 0 aromatic carbocycles. The van der Waals surface area contributed by atoms with Crippen LogP contribution < -0.4 is 0 Å². The van der Waals surface area contributed by atoms with Crippen molar-refractivity contribution in [2.75, 3.05) is 26.2 Å². The molecule has 3 aromatic heterocycles. The number of nitrogens with zero attached hydrogens (tertiary/aromatic N) is 5. The summed E-state index contributed by atoms with van der Waals surface area (Å²) in [6.45, 7) is 7.99. The molecule has 1 aliphatic rings. The van der Waals surface area contributed by atoms with Crippen LogP contribution in [0.1, 0.15) is 41.6 Å². The second-order valence-corrected chi connectivity index (χ2v) is 7.71. The molecule has 0 spiro atoms. The van der Waals surface area contributed by atoms with Crippen LogP contribution in [0.25, 0.3) is 5.65 Å². The number of imidazole rings is 1. The Kier molecular flexibility index (Phi) is 5.90. The van der Waals surface area contributed by atoms with Gasteiger partial charge in [-0.05, 0) is 50.6 Å². The Labute approximate surface area is 172 Å². The fraction of sp³-hybridized carbons (Fsp3) is 0.435. The number of likely N-dealkylation sites (tertiary alicyclic amines) is 1. The first-order valence-corrected chi connectivity index (χ1v) is 10.5. The maximum absolute atomic E-state index is 13.6. The van der Waals surface area contributed by atoms with E-state index in [1.165, 1.54) is 0 Å². The van der Waals surface area contributed by atoms with E-state index in [1.54, 1.807) is 0 Å². The topological polar surface area (TPSA) is 53.7 Å². The lowest BCUT2D eigenvalue weighted by Gasteiger charge is -2.38. The first-order chi connectivity index (χ1) is 14.2. The first kappa shape index (κ1) is 19.6. The number of hydrogen-bond acceptors (Lipinski definition) is 4. The minimum Gasteiger partial charge on any atom is -0.334 e. The first-order valence-electron chi connectivity index (χ1n) is 10.5. The van der Waals surface area contributed by atoms with Crippen LogP contribution in [0.4, 0.5) is 0 Å². The number of amides is 1. The molecule has 29 heavy (non-hydrogen) atoms. The summed E-state index contributed by atoms with van der Waals surface area (Å²) in [6.07, 6.45) is 6.55. The fourth-order valence-corrected chi connectivity index (χ4v) is 4.24. The Morgan fingerprint density at radius 3 is 2.66 bits per heavy atom. The van der Waals surface area contributed by atoms with Gasteiger partial charge < -0.3 is 14.2 Å². The van der Waals surface area contributed by atoms with E-state index in [9.17, 15) is 4.79 Å². The lowest BCUT2D eigenvalue weighted by molar-refractivity contribution is 0.0573. The number of pyridine rings is 2. The van der Waals surface area contributed by atoms with Crippen molar-refractivity contribution >= 4 is 11.6 Å². The number of carbonyl (C=O) groups is 1. The highest BCUT2D eigenvalue weighted by Crippen LogP contribution is 2.21. The Hall–Kier alpha value is -2.73. The summed E-state index contributed by atoms with van der Waals surface area (Å²) in [4.78, 5) is 27.2. The molecule has 4 rings (SSSR count). The predicted octanol–water partition coefficient (Wildman–Crippen LogP) is 3.21. The summed E-state index contributed by atoms with van der Waals surface area (Å²) in [5, 5.41) is 0. The number of piperidine rings is 1. The van der Waals surface area contributed by atoms with Crippen molar-refractivity contribution < 1.29 is 4.79 Å². The van der Waals surface area contributed by atoms with Gasteiger partial charge in [0.05, 0.1) is 5.69 Å². The molecule has 0 radical (unpaired) electrons. The van der Waals surface area contributed by atoms with Gasteiger partial charge in [0.1, 0.15) is 11.3 Å². The van der Waals surface area contributed by atoms with Gasteiger partial charge in [-0.25, -0.2) is 4.98 Å². The number of fused-ring (bicyclic) bond motifs is 1. The van der Waals surface area contributed by atoms with Crippen molar-refractivity contribution in [3.8, 4) is 0 Å². The molecule has 0 bridgehead atoms. The van der Waals surface area contributed by atoms with Crippen LogP contribution in [0.15, 0.2) is 48.8 Å². The Balaban J connectivity index is 1.59. The summed E-state index contributed by atoms with van der Waals surface area (Å²) in [7, 11) is 0. The third-order valence-corrected chi connectivity index (χ3v) is 6.01.